The second-order valence-electron chi connectivity index (χ2n) is 13.6. The molecule has 1 aliphatic heterocycles. The van der Waals surface area contributed by atoms with Gasteiger partial charge < -0.3 is 24.1 Å². The monoisotopic (exact) mass is 616 g/mol. The third-order valence-electron chi connectivity index (χ3n) is 9.25. The Morgan fingerprint density at radius 3 is 1.84 bits per heavy atom. The summed E-state index contributed by atoms with van der Waals surface area (Å²) < 4.78 is 12.6. The largest absolute Gasteiger partial charge is 0.415 e. The molecule has 1 saturated heterocycles. The van der Waals surface area contributed by atoms with E-state index in [0.29, 0.717) is 39.3 Å². The first-order valence-corrected chi connectivity index (χ1v) is 19.1. The Hall–Kier alpha value is -2.97. The molecule has 238 valence electrons. The van der Waals surface area contributed by atoms with Gasteiger partial charge in [-0.15, -0.1) is 0 Å². The third kappa shape index (κ3) is 9.27. The summed E-state index contributed by atoms with van der Waals surface area (Å²) in [7, 11) is -2.10. The second-order valence-corrected chi connectivity index (χ2v) is 18.4. The Balaban J connectivity index is 1.48. The zero-order valence-electron chi connectivity index (χ0n) is 27.3. The number of urea groups is 1. The van der Waals surface area contributed by atoms with Gasteiger partial charge in [-0.3, -0.25) is 0 Å². The van der Waals surface area contributed by atoms with Crippen LogP contribution in [-0.2, 0) is 28.9 Å². The summed E-state index contributed by atoms with van der Waals surface area (Å²) in [4.78, 5) is 18.0. The Labute approximate surface area is 266 Å². The van der Waals surface area contributed by atoms with Crippen LogP contribution in [0, 0.1) is 0 Å². The molecule has 4 rings (SSSR count). The van der Waals surface area contributed by atoms with Crippen molar-refractivity contribution in [3.05, 3.63) is 108 Å². The van der Waals surface area contributed by atoms with Gasteiger partial charge in [0, 0.05) is 19.7 Å². The molecule has 0 aromatic heterocycles. The quantitative estimate of drug-likeness (QED) is 0.131. The number of rotatable bonds is 16. The molecule has 3 aromatic carbocycles. The topological polar surface area (TPSA) is 62.2 Å². The van der Waals surface area contributed by atoms with E-state index in [-0.39, 0.29) is 23.2 Å². The molecular weight excluding hydrogens is 565 g/mol. The lowest BCUT2D eigenvalue weighted by Crippen LogP contribution is -2.51. The van der Waals surface area contributed by atoms with E-state index in [2.05, 4.69) is 58.1 Å². The van der Waals surface area contributed by atoms with Gasteiger partial charge in [0.25, 0.3) is 0 Å². The lowest BCUT2D eigenvalue weighted by atomic mass is 9.97. The number of hydrogen-bond donors (Lipinski definition) is 1. The standard InChI is InChI=1S/C37H52N2O4Si/c1-37(2,3)44(4,5)43-29-33-35(34(40)24-16-9-17-25-42-28-32-22-14-8-15-23-32)39(27-31-20-12-7-13-21-31)36(41)38(33)26-30-18-10-6-11-19-30/h6-8,10-15,18-23,33-35,40H,9,16-17,24-29H2,1-5H3. The Morgan fingerprint density at radius 2 is 1.30 bits per heavy atom. The minimum Gasteiger partial charge on any atom is -0.415 e. The first-order valence-electron chi connectivity index (χ1n) is 16.2. The molecule has 1 aliphatic rings. The van der Waals surface area contributed by atoms with Gasteiger partial charge in [-0.1, -0.05) is 125 Å². The number of aliphatic hydroxyl groups is 1. The van der Waals surface area contributed by atoms with Gasteiger partial charge in [-0.05, 0) is 47.7 Å². The molecule has 0 radical (unpaired) electrons. The van der Waals surface area contributed by atoms with Crippen LogP contribution in [0.25, 0.3) is 0 Å². The van der Waals surface area contributed by atoms with Crippen molar-refractivity contribution in [1.29, 1.82) is 0 Å². The van der Waals surface area contributed by atoms with E-state index in [1.54, 1.807) is 0 Å². The summed E-state index contributed by atoms with van der Waals surface area (Å²) in [6, 6.07) is 29.8. The van der Waals surface area contributed by atoms with Gasteiger partial charge in [-0.25, -0.2) is 4.79 Å². The highest BCUT2D eigenvalue weighted by molar-refractivity contribution is 6.74. The third-order valence-corrected chi connectivity index (χ3v) is 13.8. The zero-order chi connectivity index (χ0) is 31.6. The van der Waals surface area contributed by atoms with Crippen molar-refractivity contribution >= 4 is 14.3 Å². The number of ether oxygens (including phenoxy) is 1. The first-order chi connectivity index (χ1) is 21.1. The maximum atomic E-state index is 14.2. The van der Waals surface area contributed by atoms with Crippen molar-refractivity contribution in [2.45, 2.75) is 102 Å². The number of carbonyl (C=O) groups is 1. The first kappa shape index (κ1) is 33.9. The van der Waals surface area contributed by atoms with Crippen LogP contribution in [0.15, 0.2) is 91.0 Å². The summed E-state index contributed by atoms with van der Waals surface area (Å²) in [5, 5.41) is 11.9. The van der Waals surface area contributed by atoms with Crippen LogP contribution >= 0.6 is 0 Å². The molecule has 1 heterocycles. The van der Waals surface area contributed by atoms with E-state index in [1.807, 2.05) is 76.5 Å². The molecule has 0 saturated carbocycles. The van der Waals surface area contributed by atoms with Gasteiger partial charge in [0.2, 0.25) is 0 Å². The van der Waals surface area contributed by atoms with Gasteiger partial charge in [0.15, 0.2) is 8.32 Å². The van der Waals surface area contributed by atoms with E-state index >= 15 is 0 Å². The lowest BCUT2D eigenvalue weighted by molar-refractivity contribution is 0.0432. The highest BCUT2D eigenvalue weighted by Gasteiger charge is 2.50. The fourth-order valence-electron chi connectivity index (χ4n) is 5.58. The molecule has 2 amide bonds. The highest BCUT2D eigenvalue weighted by atomic mass is 28.4. The average molecular weight is 617 g/mol. The molecule has 3 unspecified atom stereocenters. The van der Waals surface area contributed by atoms with Crippen LogP contribution in [0.4, 0.5) is 4.79 Å². The van der Waals surface area contributed by atoms with E-state index in [4.69, 9.17) is 9.16 Å². The van der Waals surface area contributed by atoms with E-state index < -0.39 is 14.4 Å². The number of unbranched alkanes of at least 4 members (excludes halogenated alkanes) is 2. The molecule has 6 nitrogen and oxygen atoms in total. The number of carbonyl (C=O) groups excluding carboxylic acids is 1. The van der Waals surface area contributed by atoms with Crippen LogP contribution in [0.5, 0.6) is 0 Å². The molecule has 3 aromatic rings. The van der Waals surface area contributed by atoms with Crippen molar-refractivity contribution in [3.8, 4) is 0 Å². The molecule has 44 heavy (non-hydrogen) atoms. The molecule has 0 spiro atoms. The van der Waals surface area contributed by atoms with Gasteiger partial charge in [0.05, 0.1) is 31.4 Å². The summed E-state index contributed by atoms with van der Waals surface area (Å²) in [5.74, 6) is 0. The van der Waals surface area contributed by atoms with Crippen LogP contribution in [0.1, 0.15) is 63.1 Å². The molecular formula is C37H52N2O4Si. The van der Waals surface area contributed by atoms with Crippen LogP contribution in [0.2, 0.25) is 18.1 Å². The van der Waals surface area contributed by atoms with E-state index in [0.717, 1.165) is 30.4 Å². The normalized spacial score (nSPS) is 18.2. The van der Waals surface area contributed by atoms with E-state index in [1.165, 1.54) is 5.56 Å². The summed E-state index contributed by atoms with van der Waals surface area (Å²) >= 11 is 0. The molecule has 7 heteroatoms. The zero-order valence-corrected chi connectivity index (χ0v) is 28.3. The molecule has 1 fully saturated rings. The number of hydrogen-bond acceptors (Lipinski definition) is 4. The smallest absolute Gasteiger partial charge is 0.321 e. The Bertz CT molecular complexity index is 1270. The van der Waals surface area contributed by atoms with Crippen LogP contribution in [-0.4, -0.2) is 60.7 Å². The fraction of sp³-hybridized carbons (Fsp3) is 0.486. The van der Waals surface area contributed by atoms with Gasteiger partial charge in [0.1, 0.15) is 0 Å². The van der Waals surface area contributed by atoms with Crippen LogP contribution in [0.3, 0.4) is 0 Å². The highest BCUT2D eigenvalue weighted by Crippen LogP contribution is 2.38. The van der Waals surface area contributed by atoms with Gasteiger partial charge in [-0.2, -0.15) is 0 Å². The summed E-state index contributed by atoms with van der Waals surface area (Å²) in [5.41, 5.74) is 3.31. The van der Waals surface area contributed by atoms with Crippen molar-refractivity contribution in [2.24, 2.45) is 0 Å². The Morgan fingerprint density at radius 1 is 0.773 bits per heavy atom. The fourth-order valence-corrected chi connectivity index (χ4v) is 6.60. The molecule has 0 bridgehead atoms. The minimum atomic E-state index is -2.10. The second kappa shape index (κ2) is 15.8. The number of aliphatic hydroxyl groups excluding tert-OH is 1. The molecule has 0 aliphatic carbocycles. The van der Waals surface area contributed by atoms with Crippen LogP contribution < -0.4 is 0 Å². The van der Waals surface area contributed by atoms with Crippen molar-refractivity contribution in [1.82, 2.24) is 9.80 Å². The SMILES string of the molecule is CC(C)(C)[Si](C)(C)OCC1C(C(O)CCCCCOCc2ccccc2)N(Cc2ccccc2)C(=O)N1Cc1ccccc1. The van der Waals surface area contributed by atoms with Crippen molar-refractivity contribution < 1.29 is 19.1 Å². The molecule has 1 N–H and O–H groups in total. The maximum Gasteiger partial charge on any atom is 0.321 e. The van der Waals surface area contributed by atoms with Crippen molar-refractivity contribution in [3.63, 3.8) is 0 Å². The number of nitrogens with zero attached hydrogens (tertiary/aromatic N) is 2. The number of amides is 2. The van der Waals surface area contributed by atoms with Gasteiger partial charge >= 0.3 is 6.03 Å². The van der Waals surface area contributed by atoms with E-state index in [9.17, 15) is 9.90 Å². The van der Waals surface area contributed by atoms with Crippen molar-refractivity contribution in [2.75, 3.05) is 13.2 Å². The predicted molar refractivity (Wildman–Crippen MR) is 181 cm³/mol. The summed E-state index contributed by atoms with van der Waals surface area (Å²) in [6.45, 7) is 13.9. The average Bonchev–Trinajstić information content (AvgIpc) is 3.26. The maximum absolute atomic E-state index is 14.2. The predicted octanol–water partition coefficient (Wildman–Crippen LogP) is 8.02. The lowest BCUT2D eigenvalue weighted by Gasteiger charge is -2.39. The summed E-state index contributed by atoms with van der Waals surface area (Å²) in [6.07, 6.45) is 2.73. The molecule has 3 atom stereocenters. The number of benzene rings is 3. The Kier molecular flexibility index (Phi) is 12.2. The minimum absolute atomic E-state index is 0.0418.